The molecule has 2 aliphatic rings. The molecule has 1 aromatic heterocycles. The first-order valence-corrected chi connectivity index (χ1v) is 18.9. The van der Waals surface area contributed by atoms with Crippen molar-refractivity contribution in [3.05, 3.63) is 216 Å². The first kappa shape index (κ1) is 29.7. The van der Waals surface area contributed by atoms with Crippen LogP contribution in [0.15, 0.2) is 204 Å². The molecule has 0 N–H and O–H groups in total. The molecule has 0 atom stereocenters. The summed E-state index contributed by atoms with van der Waals surface area (Å²) in [6.07, 6.45) is 0. The van der Waals surface area contributed by atoms with Gasteiger partial charge in [0.15, 0.2) is 0 Å². The van der Waals surface area contributed by atoms with Gasteiger partial charge in [0.05, 0.1) is 10.9 Å². The largest absolute Gasteiger partial charge is 0.310 e. The van der Waals surface area contributed by atoms with E-state index in [4.69, 9.17) is 0 Å². The predicted molar refractivity (Wildman–Crippen MR) is 220 cm³/mol. The van der Waals surface area contributed by atoms with Gasteiger partial charge in [0.25, 0.3) is 0 Å². The van der Waals surface area contributed by atoms with E-state index in [2.05, 4.69) is 199 Å². The summed E-state index contributed by atoms with van der Waals surface area (Å²) in [5.74, 6) is 0. The number of nitrogens with zero attached hydrogens (tertiary/aromatic N) is 1. The summed E-state index contributed by atoms with van der Waals surface area (Å²) in [5, 5.41) is 2.59. The fourth-order valence-electron chi connectivity index (χ4n) is 9.25. The number of aromatic nitrogens is 1. The van der Waals surface area contributed by atoms with Crippen LogP contribution in [-0.4, -0.2) is 11.3 Å². The number of para-hydroxylation sites is 1. The van der Waals surface area contributed by atoms with Crippen LogP contribution in [0.3, 0.4) is 0 Å². The minimum absolute atomic E-state index is 0.144. The highest BCUT2D eigenvalue weighted by atomic mass is 32.2. The highest BCUT2D eigenvalue weighted by Crippen LogP contribution is 2.48. The topological polar surface area (TPSA) is 4.93 Å². The molecule has 3 heterocycles. The zero-order valence-corrected chi connectivity index (χ0v) is 29.2. The Morgan fingerprint density at radius 3 is 1.69 bits per heavy atom. The van der Waals surface area contributed by atoms with Crippen LogP contribution >= 0.6 is 11.8 Å². The molecule has 0 unspecified atom stereocenters. The summed E-state index contributed by atoms with van der Waals surface area (Å²) in [7, 11) is 0. The molecule has 0 bridgehead atoms. The van der Waals surface area contributed by atoms with E-state index < -0.39 is 5.41 Å². The zero-order valence-electron chi connectivity index (χ0n) is 28.4. The summed E-state index contributed by atoms with van der Waals surface area (Å²) >= 11 is 1.92. The summed E-state index contributed by atoms with van der Waals surface area (Å²) < 4.78 is 2.59. The van der Waals surface area contributed by atoms with Crippen molar-refractivity contribution >= 4 is 56.7 Å². The number of rotatable bonds is 5. The minimum atomic E-state index is -0.554. The van der Waals surface area contributed by atoms with E-state index in [1.54, 1.807) is 0 Å². The first-order chi connectivity index (χ1) is 25.8. The van der Waals surface area contributed by atoms with E-state index in [0.29, 0.717) is 0 Å². The van der Waals surface area contributed by atoms with Gasteiger partial charge in [-0.2, -0.15) is 0 Å². The van der Waals surface area contributed by atoms with Crippen molar-refractivity contribution in [2.24, 2.45) is 0 Å². The molecular weight excluding hydrogens is 645 g/mol. The van der Waals surface area contributed by atoms with Crippen LogP contribution < -0.4 is 16.4 Å². The molecule has 9 aromatic rings. The SMILES string of the molecule is c1ccc(-c2ccc3c(c2)c2cccc4c2n3-c2cc(C(c3ccccc3)(c3ccccc3)c3ccccc3)cc3c2B4c2ccccc2S3)cc1. The monoisotopic (exact) mass is 677 g/mol. The van der Waals surface area contributed by atoms with Crippen molar-refractivity contribution in [1.82, 2.24) is 4.57 Å². The maximum atomic E-state index is 2.59. The van der Waals surface area contributed by atoms with Crippen LogP contribution in [0.4, 0.5) is 0 Å². The van der Waals surface area contributed by atoms with Crippen LogP contribution in [0.25, 0.3) is 38.6 Å². The van der Waals surface area contributed by atoms with Crippen molar-refractivity contribution in [3.8, 4) is 16.8 Å². The smallest absolute Gasteiger partial charge is 0.249 e. The molecule has 2 aliphatic heterocycles. The van der Waals surface area contributed by atoms with E-state index in [9.17, 15) is 0 Å². The molecule has 0 saturated heterocycles. The van der Waals surface area contributed by atoms with Crippen LogP contribution in [0.1, 0.15) is 22.3 Å². The van der Waals surface area contributed by atoms with Crippen molar-refractivity contribution in [2.45, 2.75) is 15.2 Å². The number of fused-ring (bicyclic) bond motifs is 7. The fraction of sp³-hybridized carbons (Fsp3) is 0.0204. The Hall–Kier alpha value is -6.03. The normalized spacial score (nSPS) is 12.9. The van der Waals surface area contributed by atoms with Crippen molar-refractivity contribution < 1.29 is 0 Å². The quantitative estimate of drug-likeness (QED) is 0.130. The number of hydrogen-bond donors (Lipinski definition) is 0. The van der Waals surface area contributed by atoms with Gasteiger partial charge in [-0.25, -0.2) is 0 Å². The van der Waals surface area contributed by atoms with Gasteiger partial charge < -0.3 is 4.57 Å². The first-order valence-electron chi connectivity index (χ1n) is 18.1. The lowest BCUT2D eigenvalue weighted by Crippen LogP contribution is -2.58. The lowest BCUT2D eigenvalue weighted by atomic mass is 9.35. The number of hydrogen-bond acceptors (Lipinski definition) is 1. The lowest BCUT2D eigenvalue weighted by Gasteiger charge is -2.40. The molecule has 0 radical (unpaired) electrons. The molecule has 8 aromatic carbocycles. The molecule has 11 rings (SSSR count). The van der Waals surface area contributed by atoms with E-state index in [0.717, 1.165) is 0 Å². The van der Waals surface area contributed by atoms with E-state index >= 15 is 0 Å². The molecule has 52 heavy (non-hydrogen) atoms. The Labute approximate surface area is 308 Å². The molecule has 0 fully saturated rings. The molecule has 1 nitrogen and oxygen atoms in total. The highest BCUT2D eigenvalue weighted by molar-refractivity contribution is 8.00. The van der Waals surface area contributed by atoms with Crippen molar-refractivity contribution in [3.63, 3.8) is 0 Å². The zero-order chi connectivity index (χ0) is 34.2. The van der Waals surface area contributed by atoms with Crippen LogP contribution in [-0.2, 0) is 5.41 Å². The molecule has 0 amide bonds. The van der Waals surface area contributed by atoms with Gasteiger partial charge in [0.1, 0.15) is 0 Å². The number of benzene rings is 8. The Morgan fingerprint density at radius 2 is 1.02 bits per heavy atom. The fourth-order valence-corrected chi connectivity index (χ4v) is 10.5. The second-order valence-electron chi connectivity index (χ2n) is 14.0. The molecule has 0 spiro atoms. The molecular formula is C49H32BNS. The van der Waals surface area contributed by atoms with E-state index in [-0.39, 0.29) is 6.71 Å². The summed E-state index contributed by atoms with van der Waals surface area (Å²) in [5.41, 5.74) is 15.0. The van der Waals surface area contributed by atoms with Crippen molar-refractivity contribution in [2.75, 3.05) is 0 Å². The van der Waals surface area contributed by atoms with Gasteiger partial charge in [0.2, 0.25) is 6.71 Å². The highest BCUT2D eigenvalue weighted by Gasteiger charge is 2.43. The van der Waals surface area contributed by atoms with Gasteiger partial charge in [-0.1, -0.05) is 181 Å². The molecule has 0 aliphatic carbocycles. The third-order valence-corrected chi connectivity index (χ3v) is 12.5. The van der Waals surface area contributed by atoms with Gasteiger partial charge in [0, 0.05) is 31.8 Å². The Balaban J connectivity index is 1.29. The van der Waals surface area contributed by atoms with E-state index in [1.807, 2.05) is 11.8 Å². The van der Waals surface area contributed by atoms with E-state index in [1.165, 1.54) is 87.1 Å². The Kier molecular flexibility index (Phi) is 6.56. The van der Waals surface area contributed by atoms with Gasteiger partial charge >= 0.3 is 0 Å². The van der Waals surface area contributed by atoms with Gasteiger partial charge in [-0.3, -0.25) is 0 Å². The second-order valence-corrected chi connectivity index (χ2v) is 15.1. The van der Waals surface area contributed by atoms with Crippen LogP contribution in [0, 0.1) is 0 Å². The summed E-state index contributed by atoms with van der Waals surface area (Å²) in [6, 6.07) is 72.2. The average Bonchev–Trinajstić information content (AvgIpc) is 3.56. The summed E-state index contributed by atoms with van der Waals surface area (Å²) in [6.45, 7) is 0.144. The lowest BCUT2D eigenvalue weighted by molar-refractivity contribution is 0.742. The minimum Gasteiger partial charge on any atom is -0.310 e. The summed E-state index contributed by atoms with van der Waals surface area (Å²) in [4.78, 5) is 2.66. The Bertz CT molecular complexity index is 2710. The molecule has 3 heteroatoms. The predicted octanol–water partition coefficient (Wildman–Crippen LogP) is 10.1. The maximum absolute atomic E-state index is 2.59. The second kappa shape index (κ2) is 11.5. The van der Waals surface area contributed by atoms with Gasteiger partial charge in [-0.15, -0.1) is 0 Å². The third kappa shape index (κ3) is 4.15. The third-order valence-electron chi connectivity index (χ3n) is 11.4. The van der Waals surface area contributed by atoms with Crippen molar-refractivity contribution in [1.29, 1.82) is 0 Å². The van der Waals surface area contributed by atoms with Gasteiger partial charge in [-0.05, 0) is 74.6 Å². The molecule has 0 saturated carbocycles. The Morgan fingerprint density at radius 1 is 0.423 bits per heavy atom. The standard InChI is InChI=1S/C49H32BNS/c1-5-16-33(17-6-1)34-28-29-43-40(30-34)39-24-15-26-42-48(39)51(43)44-31-38(32-46-47(44)50(42)41-25-13-14-27-45(41)52-46)49(35-18-7-2-8-19-35,36-20-9-3-10-21-36)37-22-11-4-12-23-37/h1-32H. The van der Waals surface area contributed by atoms with Crippen LogP contribution in [0.2, 0.25) is 0 Å². The molecule has 242 valence electrons. The maximum Gasteiger partial charge on any atom is 0.249 e. The van der Waals surface area contributed by atoms with Crippen LogP contribution in [0.5, 0.6) is 0 Å². The average molecular weight is 678 g/mol.